The van der Waals surface area contributed by atoms with E-state index in [0.717, 1.165) is 10.5 Å². The Hall–Kier alpha value is -1.42. The van der Waals surface area contributed by atoms with E-state index in [1.54, 1.807) is 12.3 Å². The second kappa shape index (κ2) is 3.14. The number of hydrogen-bond acceptors (Lipinski definition) is 2. The summed E-state index contributed by atoms with van der Waals surface area (Å²) in [5.74, 6) is 0. The van der Waals surface area contributed by atoms with Gasteiger partial charge < -0.3 is 5.11 Å². The number of rotatable bonds is 0. The summed E-state index contributed by atoms with van der Waals surface area (Å²) in [6.07, 6.45) is 2.39. The molecule has 3 nitrogen and oxygen atoms in total. The van der Waals surface area contributed by atoms with Crippen molar-refractivity contribution in [2.45, 2.75) is 4.90 Å². The van der Waals surface area contributed by atoms with Gasteiger partial charge >= 0.3 is 6.09 Å². The lowest BCUT2D eigenvalue weighted by Crippen LogP contribution is -2.17. The van der Waals surface area contributed by atoms with E-state index < -0.39 is 6.09 Å². The molecule has 1 amide bonds. The Morgan fingerprint density at radius 1 is 1.38 bits per heavy atom. The molecule has 0 bridgehead atoms. The van der Waals surface area contributed by atoms with Gasteiger partial charge in [0.2, 0.25) is 0 Å². The molecule has 1 N–H and O–H groups in total. The van der Waals surface area contributed by atoms with Gasteiger partial charge in [0.15, 0.2) is 0 Å². The van der Waals surface area contributed by atoms with Crippen molar-refractivity contribution in [3.05, 3.63) is 36.0 Å². The minimum absolute atomic E-state index is 0.948. The Labute approximate surface area is 79.8 Å². The molecular weight excluding hydrogens is 186 g/mol. The van der Waals surface area contributed by atoms with Gasteiger partial charge in [0.1, 0.15) is 0 Å². The van der Waals surface area contributed by atoms with Crippen LogP contribution in [0, 0.1) is 0 Å². The van der Waals surface area contributed by atoms with Gasteiger partial charge in [-0.1, -0.05) is 18.2 Å². The topological polar surface area (TPSA) is 40.5 Å². The fourth-order valence-electron chi connectivity index (χ4n) is 1.09. The average molecular weight is 193 g/mol. The van der Waals surface area contributed by atoms with Crippen molar-refractivity contribution in [1.82, 2.24) is 4.31 Å². The van der Waals surface area contributed by atoms with Crippen LogP contribution in [0.4, 0.5) is 4.79 Å². The van der Waals surface area contributed by atoms with Crippen LogP contribution in [-0.4, -0.2) is 15.5 Å². The summed E-state index contributed by atoms with van der Waals surface area (Å²) in [6.45, 7) is 0. The summed E-state index contributed by atoms with van der Waals surface area (Å²) in [7, 11) is 0. The number of fused-ring (bicyclic) bond motifs is 1. The monoisotopic (exact) mass is 193 g/mol. The highest BCUT2D eigenvalue weighted by molar-refractivity contribution is 7.97. The molecule has 1 aromatic carbocycles. The first-order valence-corrected chi connectivity index (χ1v) is 4.52. The van der Waals surface area contributed by atoms with E-state index >= 15 is 0 Å². The predicted molar refractivity (Wildman–Crippen MR) is 51.2 cm³/mol. The van der Waals surface area contributed by atoms with Gasteiger partial charge in [0.05, 0.1) is 0 Å². The van der Waals surface area contributed by atoms with Crippen LogP contribution in [0.2, 0.25) is 0 Å². The second-order valence-electron chi connectivity index (χ2n) is 2.55. The number of benzene rings is 1. The van der Waals surface area contributed by atoms with Crippen LogP contribution in [0.3, 0.4) is 0 Å². The maximum absolute atomic E-state index is 10.6. The van der Waals surface area contributed by atoms with Crippen molar-refractivity contribution < 1.29 is 9.90 Å². The summed E-state index contributed by atoms with van der Waals surface area (Å²) in [4.78, 5) is 11.6. The summed E-state index contributed by atoms with van der Waals surface area (Å²) >= 11 is 1.21. The SMILES string of the molecule is O=C(O)N1C=Cc2ccccc2S1. The van der Waals surface area contributed by atoms with Crippen LogP contribution < -0.4 is 0 Å². The van der Waals surface area contributed by atoms with Crippen LogP contribution in [0.15, 0.2) is 35.4 Å². The van der Waals surface area contributed by atoms with Crippen molar-refractivity contribution in [1.29, 1.82) is 0 Å². The molecule has 13 heavy (non-hydrogen) atoms. The van der Waals surface area contributed by atoms with Crippen LogP contribution in [0.1, 0.15) is 5.56 Å². The fraction of sp³-hybridized carbons (Fsp3) is 0. The van der Waals surface area contributed by atoms with E-state index in [4.69, 9.17) is 5.11 Å². The van der Waals surface area contributed by atoms with E-state index in [2.05, 4.69) is 0 Å². The van der Waals surface area contributed by atoms with E-state index in [9.17, 15) is 4.79 Å². The molecule has 0 saturated heterocycles. The summed E-state index contributed by atoms with van der Waals surface area (Å²) in [6, 6.07) is 7.68. The third-order valence-corrected chi connectivity index (χ3v) is 2.74. The van der Waals surface area contributed by atoms with Crippen LogP contribution in [-0.2, 0) is 0 Å². The van der Waals surface area contributed by atoms with E-state index in [0.29, 0.717) is 0 Å². The van der Waals surface area contributed by atoms with Gasteiger partial charge in [-0.15, -0.1) is 0 Å². The lowest BCUT2D eigenvalue weighted by Gasteiger charge is -2.18. The standard InChI is InChI=1S/C9H7NO2S/c11-9(12)10-6-5-7-3-1-2-4-8(7)13-10/h1-6H,(H,11,12). The zero-order chi connectivity index (χ0) is 9.26. The molecule has 1 aliphatic rings. The van der Waals surface area contributed by atoms with E-state index in [1.165, 1.54) is 16.3 Å². The highest BCUT2D eigenvalue weighted by Crippen LogP contribution is 2.31. The summed E-state index contributed by atoms with van der Waals surface area (Å²) in [5, 5.41) is 8.72. The van der Waals surface area contributed by atoms with Gasteiger partial charge in [0, 0.05) is 11.1 Å². The van der Waals surface area contributed by atoms with Gasteiger partial charge in [-0.2, -0.15) is 0 Å². The Balaban J connectivity index is 2.34. The van der Waals surface area contributed by atoms with Crippen molar-refractivity contribution in [3.63, 3.8) is 0 Å². The van der Waals surface area contributed by atoms with Crippen molar-refractivity contribution >= 4 is 24.1 Å². The van der Waals surface area contributed by atoms with Gasteiger partial charge in [-0.05, 0) is 29.7 Å². The largest absolute Gasteiger partial charge is 0.464 e. The smallest absolute Gasteiger partial charge is 0.421 e. The maximum atomic E-state index is 10.6. The number of carboxylic acid groups (broad SMARTS) is 1. The van der Waals surface area contributed by atoms with Crippen molar-refractivity contribution in [3.8, 4) is 0 Å². The Kier molecular flexibility index (Phi) is 1.98. The number of amides is 1. The number of nitrogens with zero attached hydrogens (tertiary/aromatic N) is 1. The first-order valence-electron chi connectivity index (χ1n) is 3.75. The first-order chi connectivity index (χ1) is 6.27. The Morgan fingerprint density at radius 3 is 2.92 bits per heavy atom. The van der Waals surface area contributed by atoms with Gasteiger partial charge in [-0.25, -0.2) is 9.10 Å². The molecule has 4 heteroatoms. The molecule has 0 fully saturated rings. The van der Waals surface area contributed by atoms with E-state index in [1.807, 2.05) is 24.3 Å². The fourth-order valence-corrected chi connectivity index (χ4v) is 1.88. The minimum Gasteiger partial charge on any atom is -0.464 e. The Bertz CT molecular complexity index is 376. The molecular formula is C9H7NO2S. The number of hydrogen-bond donors (Lipinski definition) is 1. The summed E-state index contributed by atoms with van der Waals surface area (Å²) < 4.78 is 1.18. The second-order valence-corrected chi connectivity index (χ2v) is 3.57. The van der Waals surface area contributed by atoms with Crippen LogP contribution >= 0.6 is 11.9 Å². The molecule has 1 aliphatic heterocycles. The van der Waals surface area contributed by atoms with E-state index in [-0.39, 0.29) is 0 Å². The third-order valence-electron chi connectivity index (χ3n) is 1.69. The Morgan fingerprint density at radius 2 is 2.15 bits per heavy atom. The molecule has 1 aromatic rings. The molecule has 66 valence electrons. The zero-order valence-corrected chi connectivity index (χ0v) is 7.49. The van der Waals surface area contributed by atoms with Crippen LogP contribution in [0.25, 0.3) is 6.08 Å². The van der Waals surface area contributed by atoms with Crippen LogP contribution in [0.5, 0.6) is 0 Å². The quantitative estimate of drug-likeness (QED) is 0.644. The normalized spacial score (nSPS) is 14.0. The lowest BCUT2D eigenvalue weighted by molar-refractivity contribution is 0.184. The molecule has 0 atom stereocenters. The average Bonchev–Trinajstić information content (AvgIpc) is 2.17. The van der Waals surface area contributed by atoms with Crippen molar-refractivity contribution in [2.75, 3.05) is 0 Å². The molecule has 0 unspecified atom stereocenters. The minimum atomic E-state index is -0.948. The molecule has 2 rings (SSSR count). The highest BCUT2D eigenvalue weighted by atomic mass is 32.2. The molecule has 0 aliphatic carbocycles. The van der Waals surface area contributed by atoms with Gasteiger partial charge in [0.25, 0.3) is 0 Å². The molecule has 0 saturated carbocycles. The lowest BCUT2D eigenvalue weighted by atomic mass is 10.2. The summed E-state index contributed by atoms with van der Waals surface area (Å²) in [5.41, 5.74) is 1.06. The molecule has 0 radical (unpaired) electrons. The molecule has 0 spiro atoms. The first kappa shape index (κ1) is 8.19. The molecule has 0 aromatic heterocycles. The number of carbonyl (C=O) groups is 1. The maximum Gasteiger partial charge on any atom is 0.421 e. The highest BCUT2D eigenvalue weighted by Gasteiger charge is 2.15. The van der Waals surface area contributed by atoms with Gasteiger partial charge in [-0.3, -0.25) is 0 Å². The predicted octanol–water partition coefficient (Wildman–Crippen LogP) is 2.66. The zero-order valence-electron chi connectivity index (χ0n) is 6.68. The third kappa shape index (κ3) is 1.53. The molecule has 1 heterocycles. The van der Waals surface area contributed by atoms with Crippen molar-refractivity contribution in [2.24, 2.45) is 0 Å².